The second-order valence-corrected chi connectivity index (χ2v) is 3.20. The molecule has 0 saturated carbocycles. The van der Waals surface area contributed by atoms with Crippen molar-refractivity contribution in [1.82, 2.24) is 0 Å². The monoisotopic (exact) mass is 161 g/mol. The highest BCUT2D eigenvalue weighted by molar-refractivity contribution is 7.39. The summed E-state index contributed by atoms with van der Waals surface area (Å²) < 4.78 is 15.7. The maximum Gasteiger partial charge on any atom is 0.508 e. The Bertz CT molecular complexity index is 121. The average Bonchev–Trinajstić information content (AvgIpc) is 1.89. The zero-order valence-corrected chi connectivity index (χ0v) is 7.43. The van der Waals surface area contributed by atoms with Gasteiger partial charge in [0.15, 0.2) is 6.16 Å². The van der Waals surface area contributed by atoms with Crippen LogP contribution >= 0.6 is 8.03 Å². The maximum atomic E-state index is 10.8. The quantitative estimate of drug-likeness (QED) is 0.457. The molecule has 0 aromatic carbocycles. The second-order valence-electron chi connectivity index (χ2n) is 1.83. The molecule has 3 heteroatoms. The van der Waals surface area contributed by atoms with Gasteiger partial charge < -0.3 is 0 Å². The fraction of sp³-hybridized carbons (Fsp3) is 0.714. The Morgan fingerprint density at radius 1 is 1.60 bits per heavy atom. The Labute approximate surface area is 63.1 Å². The molecule has 10 heavy (non-hydrogen) atoms. The summed E-state index contributed by atoms with van der Waals surface area (Å²) in [5.74, 6) is 0. The van der Waals surface area contributed by atoms with Crippen molar-refractivity contribution in [2.45, 2.75) is 20.3 Å². The van der Waals surface area contributed by atoms with Gasteiger partial charge in [-0.15, -0.1) is 4.52 Å². The van der Waals surface area contributed by atoms with Gasteiger partial charge in [0.05, 0.1) is 6.61 Å². The van der Waals surface area contributed by atoms with E-state index >= 15 is 0 Å². The summed E-state index contributed by atoms with van der Waals surface area (Å²) >= 11 is 0. The smallest absolute Gasteiger partial charge is 0.147 e. The van der Waals surface area contributed by atoms with Crippen LogP contribution in [0.1, 0.15) is 20.3 Å². The first kappa shape index (κ1) is 9.80. The van der Waals surface area contributed by atoms with E-state index in [1.165, 1.54) is 0 Å². The predicted octanol–water partition coefficient (Wildman–Crippen LogP) is 2.73. The third-order valence-corrected chi connectivity index (χ3v) is 2.16. The first-order valence-corrected chi connectivity index (χ1v) is 4.86. The van der Waals surface area contributed by atoms with E-state index < -0.39 is 8.03 Å². The van der Waals surface area contributed by atoms with Gasteiger partial charge in [0, 0.05) is 6.42 Å². The fourth-order valence-corrected chi connectivity index (χ4v) is 1.33. The molecule has 0 fully saturated rings. The van der Waals surface area contributed by atoms with E-state index in [2.05, 4.69) is 0 Å². The van der Waals surface area contributed by atoms with Crippen LogP contribution in [0.3, 0.4) is 0 Å². The summed E-state index contributed by atoms with van der Waals surface area (Å²) in [4.78, 5) is 0. The lowest BCUT2D eigenvalue weighted by Gasteiger charge is -1.81. The summed E-state index contributed by atoms with van der Waals surface area (Å²) in [7, 11) is -1.39. The van der Waals surface area contributed by atoms with Gasteiger partial charge in [0.25, 0.3) is 0 Å². The molecule has 0 rings (SSSR count). The van der Waals surface area contributed by atoms with E-state index in [0.29, 0.717) is 12.8 Å². The van der Waals surface area contributed by atoms with Gasteiger partial charge in [0.1, 0.15) is 0 Å². The largest absolute Gasteiger partial charge is 0.508 e. The molecule has 0 radical (unpaired) electrons. The minimum Gasteiger partial charge on any atom is -0.147 e. The highest BCUT2D eigenvalue weighted by atomic mass is 31.1. The zero-order valence-electron chi connectivity index (χ0n) is 6.54. The molecule has 0 aliphatic rings. The number of allylic oxidation sites excluding steroid dienone is 2. The molecule has 1 atom stereocenters. The van der Waals surface area contributed by atoms with Crippen LogP contribution in [-0.2, 0) is 9.09 Å². The SMILES string of the molecule is C/C=C/CC[P+](=O)OCC. The lowest BCUT2D eigenvalue weighted by Crippen LogP contribution is -1.81. The van der Waals surface area contributed by atoms with Crippen LogP contribution in [0.25, 0.3) is 0 Å². The van der Waals surface area contributed by atoms with Crippen LogP contribution in [0.2, 0.25) is 0 Å². The van der Waals surface area contributed by atoms with E-state index in [9.17, 15) is 4.57 Å². The molecule has 58 valence electrons. The van der Waals surface area contributed by atoms with Crippen molar-refractivity contribution in [1.29, 1.82) is 0 Å². The number of hydrogen-bond acceptors (Lipinski definition) is 2. The van der Waals surface area contributed by atoms with E-state index in [1.807, 2.05) is 26.0 Å². The van der Waals surface area contributed by atoms with Crippen molar-refractivity contribution in [3.8, 4) is 0 Å². The molecule has 1 unspecified atom stereocenters. The fourth-order valence-electron chi connectivity index (χ4n) is 0.555. The van der Waals surface area contributed by atoms with Crippen molar-refractivity contribution in [2.75, 3.05) is 12.8 Å². The highest BCUT2D eigenvalue weighted by Crippen LogP contribution is 2.22. The molecule has 0 amide bonds. The van der Waals surface area contributed by atoms with Crippen molar-refractivity contribution in [3.05, 3.63) is 12.2 Å². The Hall–Kier alpha value is -0.200. The lowest BCUT2D eigenvalue weighted by molar-refractivity contribution is 0.350. The van der Waals surface area contributed by atoms with Gasteiger partial charge in [0.2, 0.25) is 0 Å². The molecule has 0 aromatic rings. The van der Waals surface area contributed by atoms with Crippen LogP contribution in [-0.4, -0.2) is 12.8 Å². The summed E-state index contributed by atoms with van der Waals surface area (Å²) in [6, 6.07) is 0. The third kappa shape index (κ3) is 5.93. The molecule has 0 spiro atoms. The van der Waals surface area contributed by atoms with Crippen LogP contribution in [0.5, 0.6) is 0 Å². The first-order chi connectivity index (χ1) is 4.81. The number of hydrogen-bond donors (Lipinski definition) is 0. The molecule has 0 N–H and O–H groups in total. The maximum absolute atomic E-state index is 10.8. The molecular weight excluding hydrogens is 147 g/mol. The van der Waals surface area contributed by atoms with Gasteiger partial charge in [-0.05, 0) is 18.4 Å². The van der Waals surface area contributed by atoms with Crippen LogP contribution in [0.15, 0.2) is 12.2 Å². The van der Waals surface area contributed by atoms with Crippen molar-refractivity contribution in [2.24, 2.45) is 0 Å². The van der Waals surface area contributed by atoms with E-state index in [1.54, 1.807) is 0 Å². The predicted molar refractivity (Wildman–Crippen MR) is 43.5 cm³/mol. The lowest BCUT2D eigenvalue weighted by atomic mass is 10.4. The molecule has 0 saturated heterocycles. The summed E-state index contributed by atoms with van der Waals surface area (Å²) in [6.07, 6.45) is 5.45. The molecule has 0 aliphatic carbocycles. The molecule has 2 nitrogen and oxygen atoms in total. The van der Waals surface area contributed by atoms with Gasteiger partial charge in [-0.25, -0.2) is 0 Å². The summed E-state index contributed by atoms with van der Waals surface area (Å²) in [5.41, 5.74) is 0. The summed E-state index contributed by atoms with van der Waals surface area (Å²) in [5, 5.41) is 0. The second kappa shape index (κ2) is 6.91. The van der Waals surface area contributed by atoms with Gasteiger partial charge >= 0.3 is 8.03 Å². The molecule has 0 heterocycles. The molecule has 0 aliphatic heterocycles. The van der Waals surface area contributed by atoms with Gasteiger partial charge in [-0.2, -0.15) is 0 Å². The zero-order chi connectivity index (χ0) is 7.82. The normalized spacial score (nSPS) is 12.4. The first-order valence-electron chi connectivity index (χ1n) is 3.50. The third-order valence-electron chi connectivity index (χ3n) is 0.987. The summed E-state index contributed by atoms with van der Waals surface area (Å²) in [6.45, 7) is 4.35. The topological polar surface area (TPSA) is 26.3 Å². The number of rotatable bonds is 5. The Morgan fingerprint density at radius 2 is 2.30 bits per heavy atom. The molecular formula is C7H14O2P+. The van der Waals surface area contributed by atoms with E-state index in [0.717, 1.165) is 6.42 Å². The molecule has 0 bridgehead atoms. The van der Waals surface area contributed by atoms with Crippen LogP contribution in [0.4, 0.5) is 0 Å². The Balaban J connectivity index is 3.21. The van der Waals surface area contributed by atoms with E-state index in [-0.39, 0.29) is 0 Å². The van der Waals surface area contributed by atoms with Crippen LogP contribution in [0, 0.1) is 0 Å². The Morgan fingerprint density at radius 3 is 2.80 bits per heavy atom. The molecule has 0 aromatic heterocycles. The van der Waals surface area contributed by atoms with E-state index in [4.69, 9.17) is 4.52 Å². The van der Waals surface area contributed by atoms with Crippen molar-refractivity contribution >= 4 is 8.03 Å². The van der Waals surface area contributed by atoms with Crippen molar-refractivity contribution < 1.29 is 9.09 Å². The average molecular weight is 161 g/mol. The van der Waals surface area contributed by atoms with Gasteiger partial charge in [-0.3, -0.25) is 0 Å². The highest BCUT2D eigenvalue weighted by Gasteiger charge is 2.12. The minimum absolute atomic E-state index is 0.547. The van der Waals surface area contributed by atoms with Crippen LogP contribution < -0.4 is 0 Å². The van der Waals surface area contributed by atoms with Gasteiger partial charge in [-0.1, -0.05) is 12.2 Å². The standard InChI is InChI=1S/C7H14O2P/c1-3-5-6-7-10(8)9-4-2/h3,5H,4,6-7H2,1-2H3/q+1/b5-3+. The minimum atomic E-state index is -1.39. The van der Waals surface area contributed by atoms with Crippen molar-refractivity contribution in [3.63, 3.8) is 0 Å². The Kier molecular flexibility index (Phi) is 6.78.